The van der Waals surface area contributed by atoms with Crippen LogP contribution in [0.1, 0.15) is 98.3 Å². The third kappa shape index (κ3) is 6.15. The molecule has 0 heterocycles. The number of carboxylic acid groups (broad SMARTS) is 2. The predicted octanol–water partition coefficient (Wildman–Crippen LogP) is 5.50. The van der Waals surface area contributed by atoms with Gasteiger partial charge in [0, 0.05) is 0 Å². The van der Waals surface area contributed by atoms with Crippen molar-refractivity contribution >= 4 is 11.9 Å². The summed E-state index contributed by atoms with van der Waals surface area (Å²) in [4.78, 5) is 23.5. The molecule has 4 nitrogen and oxygen atoms in total. The molecule has 0 aliphatic rings. The van der Waals surface area contributed by atoms with E-state index in [1.54, 1.807) is 0 Å². The highest BCUT2D eigenvalue weighted by Gasteiger charge is 2.39. The summed E-state index contributed by atoms with van der Waals surface area (Å²) in [5.41, 5.74) is -1.36. The first kappa shape index (κ1) is 21.9. The van der Waals surface area contributed by atoms with Crippen molar-refractivity contribution in [3.8, 4) is 0 Å². The molecule has 2 N–H and O–H groups in total. The number of aliphatic carboxylic acids is 2. The number of hydrogen-bond donors (Lipinski definition) is 2. The van der Waals surface area contributed by atoms with Crippen LogP contribution in [-0.4, -0.2) is 22.2 Å². The predicted molar refractivity (Wildman–Crippen MR) is 93.6 cm³/mol. The Hall–Kier alpha value is -1.06. The lowest BCUT2D eigenvalue weighted by Crippen LogP contribution is -2.33. The molecule has 0 amide bonds. The fourth-order valence-corrected chi connectivity index (χ4v) is 3.50. The first-order valence-corrected chi connectivity index (χ1v) is 9.31. The summed E-state index contributed by atoms with van der Waals surface area (Å²) in [5, 5.41) is 19.3. The maximum absolute atomic E-state index is 11.9. The van der Waals surface area contributed by atoms with Crippen molar-refractivity contribution in [2.45, 2.75) is 98.3 Å². The molecule has 0 aliphatic heterocycles. The van der Waals surface area contributed by atoms with Crippen molar-refractivity contribution in [3.05, 3.63) is 0 Å². The van der Waals surface area contributed by atoms with Crippen LogP contribution in [0, 0.1) is 10.8 Å². The van der Waals surface area contributed by atoms with Gasteiger partial charge < -0.3 is 10.2 Å². The SMILES string of the molecule is CCCCC(CCCC)(CCCC(CC)(CC)C(=O)O)C(=O)O. The molecule has 0 rings (SSSR count). The van der Waals surface area contributed by atoms with Crippen LogP contribution >= 0.6 is 0 Å². The Balaban J connectivity index is 5.00. The highest BCUT2D eigenvalue weighted by atomic mass is 16.4. The van der Waals surface area contributed by atoms with Gasteiger partial charge in [-0.25, -0.2) is 0 Å². The van der Waals surface area contributed by atoms with Gasteiger partial charge in [-0.05, 0) is 38.5 Å². The molecule has 23 heavy (non-hydrogen) atoms. The summed E-state index contributed by atoms with van der Waals surface area (Å²) in [6, 6.07) is 0. The fraction of sp³-hybridized carbons (Fsp3) is 0.895. The topological polar surface area (TPSA) is 74.6 Å². The van der Waals surface area contributed by atoms with E-state index in [9.17, 15) is 19.8 Å². The minimum atomic E-state index is -0.745. The van der Waals surface area contributed by atoms with E-state index in [2.05, 4.69) is 13.8 Å². The van der Waals surface area contributed by atoms with Crippen LogP contribution in [0.4, 0.5) is 0 Å². The zero-order chi connectivity index (χ0) is 17.9. The lowest BCUT2D eigenvalue weighted by atomic mass is 9.71. The lowest BCUT2D eigenvalue weighted by molar-refractivity contribution is -0.151. The minimum Gasteiger partial charge on any atom is -0.481 e. The molecule has 0 aromatic rings. The Kier molecular flexibility index (Phi) is 10.2. The number of unbranched alkanes of at least 4 members (excludes halogenated alkanes) is 2. The summed E-state index contributed by atoms with van der Waals surface area (Å²) in [5.74, 6) is -1.45. The van der Waals surface area contributed by atoms with Crippen LogP contribution in [0.15, 0.2) is 0 Å². The highest BCUT2D eigenvalue weighted by Crippen LogP contribution is 2.40. The van der Waals surface area contributed by atoms with Gasteiger partial charge in [0.1, 0.15) is 0 Å². The Morgan fingerprint density at radius 2 is 1.00 bits per heavy atom. The van der Waals surface area contributed by atoms with Crippen LogP contribution < -0.4 is 0 Å². The third-order valence-corrected chi connectivity index (χ3v) is 5.59. The van der Waals surface area contributed by atoms with Crippen LogP contribution in [0.25, 0.3) is 0 Å². The maximum Gasteiger partial charge on any atom is 0.309 e. The van der Waals surface area contributed by atoms with Gasteiger partial charge in [0.2, 0.25) is 0 Å². The molecule has 136 valence electrons. The standard InChI is InChI=1S/C19H36O4/c1-5-9-12-19(17(22)23,13-10-6-2)15-11-14-18(7-3,8-4)16(20)21/h5-15H2,1-4H3,(H,20,21)(H,22,23). The van der Waals surface area contributed by atoms with Gasteiger partial charge in [0.15, 0.2) is 0 Å². The van der Waals surface area contributed by atoms with E-state index >= 15 is 0 Å². The van der Waals surface area contributed by atoms with E-state index < -0.39 is 22.8 Å². The first-order valence-electron chi connectivity index (χ1n) is 9.31. The molecule has 0 radical (unpaired) electrons. The molecule has 4 heteroatoms. The molecule has 0 aliphatic carbocycles. The van der Waals surface area contributed by atoms with Gasteiger partial charge in [0.05, 0.1) is 10.8 Å². The summed E-state index contributed by atoms with van der Waals surface area (Å²) in [6.45, 7) is 7.98. The van der Waals surface area contributed by atoms with Crippen LogP contribution in [-0.2, 0) is 9.59 Å². The normalized spacial score (nSPS) is 12.3. The largest absolute Gasteiger partial charge is 0.481 e. The molecule has 0 saturated carbocycles. The average Bonchev–Trinajstić information content (AvgIpc) is 2.53. The van der Waals surface area contributed by atoms with Crippen molar-refractivity contribution in [1.29, 1.82) is 0 Å². The molecule has 0 unspecified atom stereocenters. The quantitative estimate of drug-likeness (QED) is 0.441. The Labute approximate surface area is 141 Å². The van der Waals surface area contributed by atoms with Gasteiger partial charge in [0.25, 0.3) is 0 Å². The number of carbonyl (C=O) groups is 2. The molecule has 0 aromatic heterocycles. The smallest absolute Gasteiger partial charge is 0.309 e. The molecule has 0 aromatic carbocycles. The van der Waals surface area contributed by atoms with Gasteiger partial charge in [-0.3, -0.25) is 9.59 Å². The summed E-state index contributed by atoms with van der Waals surface area (Å²) in [7, 11) is 0. The van der Waals surface area contributed by atoms with Crippen molar-refractivity contribution < 1.29 is 19.8 Å². The fourth-order valence-electron chi connectivity index (χ4n) is 3.50. The summed E-state index contributed by atoms with van der Waals surface area (Å²) in [6.07, 6.45) is 8.27. The Morgan fingerprint density at radius 3 is 1.30 bits per heavy atom. The van der Waals surface area contributed by atoms with Gasteiger partial charge in [-0.1, -0.05) is 59.8 Å². The molecule has 0 atom stereocenters. The first-order chi connectivity index (χ1) is 10.8. The van der Waals surface area contributed by atoms with Gasteiger partial charge >= 0.3 is 11.9 Å². The Morgan fingerprint density at radius 1 is 0.652 bits per heavy atom. The summed E-state index contributed by atoms with van der Waals surface area (Å²) < 4.78 is 0. The van der Waals surface area contributed by atoms with Gasteiger partial charge in [-0.15, -0.1) is 0 Å². The van der Waals surface area contributed by atoms with E-state index in [1.807, 2.05) is 13.8 Å². The second-order valence-electron chi connectivity index (χ2n) is 6.94. The van der Waals surface area contributed by atoms with E-state index in [1.165, 1.54) is 0 Å². The van der Waals surface area contributed by atoms with E-state index in [0.29, 0.717) is 44.9 Å². The average molecular weight is 328 g/mol. The van der Waals surface area contributed by atoms with Gasteiger partial charge in [-0.2, -0.15) is 0 Å². The third-order valence-electron chi connectivity index (χ3n) is 5.59. The van der Waals surface area contributed by atoms with E-state index in [4.69, 9.17) is 0 Å². The van der Waals surface area contributed by atoms with Crippen LogP contribution in [0.5, 0.6) is 0 Å². The van der Waals surface area contributed by atoms with E-state index in [0.717, 1.165) is 25.7 Å². The molecule has 0 saturated heterocycles. The number of carboxylic acids is 2. The lowest BCUT2D eigenvalue weighted by Gasteiger charge is -2.32. The molecular weight excluding hydrogens is 292 g/mol. The summed E-state index contributed by atoms with van der Waals surface area (Å²) >= 11 is 0. The zero-order valence-corrected chi connectivity index (χ0v) is 15.5. The molecule has 0 spiro atoms. The molecule has 0 fully saturated rings. The zero-order valence-electron chi connectivity index (χ0n) is 15.5. The van der Waals surface area contributed by atoms with Crippen molar-refractivity contribution in [2.75, 3.05) is 0 Å². The van der Waals surface area contributed by atoms with E-state index in [-0.39, 0.29) is 0 Å². The number of rotatable bonds is 14. The van der Waals surface area contributed by atoms with Crippen molar-refractivity contribution in [3.63, 3.8) is 0 Å². The minimum absolute atomic E-state index is 0.572. The Bertz CT molecular complexity index is 350. The molecular formula is C19H36O4. The van der Waals surface area contributed by atoms with Crippen LogP contribution in [0.3, 0.4) is 0 Å². The van der Waals surface area contributed by atoms with Crippen molar-refractivity contribution in [1.82, 2.24) is 0 Å². The number of hydrogen-bond acceptors (Lipinski definition) is 2. The molecule has 0 bridgehead atoms. The van der Waals surface area contributed by atoms with Crippen LogP contribution in [0.2, 0.25) is 0 Å². The van der Waals surface area contributed by atoms with Crippen molar-refractivity contribution in [2.24, 2.45) is 10.8 Å². The highest BCUT2D eigenvalue weighted by molar-refractivity contribution is 5.75. The monoisotopic (exact) mass is 328 g/mol. The second-order valence-corrected chi connectivity index (χ2v) is 6.94. The maximum atomic E-state index is 11.9. The second kappa shape index (κ2) is 10.7.